The van der Waals surface area contributed by atoms with Gasteiger partial charge in [0, 0.05) is 31.5 Å². The predicted molar refractivity (Wildman–Crippen MR) is 191 cm³/mol. The Hall–Kier alpha value is -3.38. The molecule has 0 saturated heterocycles. The molecule has 0 bridgehead atoms. The van der Waals surface area contributed by atoms with Gasteiger partial charge in [0.2, 0.25) is 11.9 Å². The summed E-state index contributed by atoms with van der Waals surface area (Å²) in [7, 11) is -1.23. The summed E-state index contributed by atoms with van der Waals surface area (Å²) in [6.45, 7) is 13.4. The van der Waals surface area contributed by atoms with Crippen molar-refractivity contribution in [1.29, 1.82) is 0 Å². The molecule has 49 heavy (non-hydrogen) atoms. The Labute approximate surface area is 291 Å². The van der Waals surface area contributed by atoms with Gasteiger partial charge < -0.3 is 20.3 Å². The standard InChI is InChI=1S/C37H55FN6O4Si/c1-7-28-30(23(2)42-44(28)22-47-20-21-49(4,5)6)27-18-19-29(40-35(27)38)41-37(46)33(34-31(36(39)45)24(3)43-48-34)32(25-14-10-8-11-15-25)26-16-12-9-13-17-26/h18-19,25-26,32-33H,7-17,20-22H2,1-6H3,(H2,39,45)(H,40,41,46). The molecule has 2 saturated carbocycles. The molecule has 2 aliphatic carbocycles. The lowest BCUT2D eigenvalue weighted by molar-refractivity contribution is -0.121. The minimum absolute atomic E-state index is 0.0660. The summed E-state index contributed by atoms with van der Waals surface area (Å²) in [5.41, 5.74) is 8.93. The number of aromatic nitrogens is 4. The summed E-state index contributed by atoms with van der Waals surface area (Å²) in [4.78, 5) is 31.4. The Balaban J connectivity index is 1.45. The Morgan fingerprint density at radius 1 is 1.04 bits per heavy atom. The number of rotatable bonds is 14. The molecule has 2 amide bonds. The van der Waals surface area contributed by atoms with Crippen molar-refractivity contribution in [3.05, 3.63) is 46.5 Å². The van der Waals surface area contributed by atoms with Gasteiger partial charge in [0.25, 0.3) is 5.91 Å². The van der Waals surface area contributed by atoms with Crippen molar-refractivity contribution in [2.75, 3.05) is 11.9 Å². The summed E-state index contributed by atoms with van der Waals surface area (Å²) < 4.78 is 29.5. The highest BCUT2D eigenvalue weighted by atomic mass is 28.3. The van der Waals surface area contributed by atoms with Crippen LogP contribution in [0.15, 0.2) is 16.7 Å². The van der Waals surface area contributed by atoms with Gasteiger partial charge in [0.1, 0.15) is 24.0 Å². The largest absolute Gasteiger partial charge is 0.365 e. The van der Waals surface area contributed by atoms with Gasteiger partial charge in [-0.05, 0) is 56.2 Å². The van der Waals surface area contributed by atoms with Gasteiger partial charge >= 0.3 is 0 Å². The summed E-state index contributed by atoms with van der Waals surface area (Å²) in [6.07, 6.45) is 11.5. The van der Waals surface area contributed by atoms with Gasteiger partial charge in [-0.2, -0.15) is 9.49 Å². The fourth-order valence-corrected chi connectivity index (χ4v) is 8.96. The molecule has 3 N–H and O–H groups in total. The van der Waals surface area contributed by atoms with E-state index in [2.05, 4.69) is 40.2 Å². The van der Waals surface area contributed by atoms with Crippen LogP contribution < -0.4 is 11.1 Å². The summed E-state index contributed by atoms with van der Waals surface area (Å²) in [5, 5.41) is 11.7. The molecule has 2 fully saturated rings. The predicted octanol–water partition coefficient (Wildman–Crippen LogP) is 8.16. The average Bonchev–Trinajstić information content (AvgIpc) is 3.60. The van der Waals surface area contributed by atoms with Crippen LogP contribution >= 0.6 is 0 Å². The molecule has 10 nitrogen and oxygen atoms in total. The van der Waals surface area contributed by atoms with Crippen molar-refractivity contribution in [3.8, 4) is 11.1 Å². The number of ether oxygens (including phenoxy) is 1. The van der Waals surface area contributed by atoms with Crippen LogP contribution in [-0.2, 0) is 22.7 Å². The number of aryl methyl sites for hydroxylation is 2. The minimum Gasteiger partial charge on any atom is -0.365 e. The number of anilines is 1. The van der Waals surface area contributed by atoms with E-state index in [9.17, 15) is 9.59 Å². The summed E-state index contributed by atoms with van der Waals surface area (Å²) in [5.74, 6) is -1.74. The highest BCUT2D eigenvalue weighted by Crippen LogP contribution is 2.48. The zero-order valence-electron chi connectivity index (χ0n) is 30.2. The van der Waals surface area contributed by atoms with Crippen LogP contribution in [0.3, 0.4) is 0 Å². The fraction of sp³-hybridized carbons (Fsp3) is 0.649. The van der Waals surface area contributed by atoms with Crippen molar-refractivity contribution >= 4 is 25.7 Å². The molecule has 0 aromatic carbocycles. The van der Waals surface area contributed by atoms with E-state index >= 15 is 4.39 Å². The van der Waals surface area contributed by atoms with E-state index in [1.807, 2.05) is 13.8 Å². The van der Waals surface area contributed by atoms with E-state index in [4.69, 9.17) is 15.0 Å². The molecule has 12 heteroatoms. The molecular weight excluding hydrogens is 640 g/mol. The van der Waals surface area contributed by atoms with Gasteiger partial charge in [-0.15, -0.1) is 0 Å². The number of halogens is 1. The summed E-state index contributed by atoms with van der Waals surface area (Å²) in [6, 6.07) is 4.33. The molecule has 1 unspecified atom stereocenters. The molecule has 3 heterocycles. The lowest BCUT2D eigenvalue weighted by Crippen LogP contribution is -2.39. The SMILES string of the molecule is CCc1c(-c2ccc(NC(=O)C(c3onc(C)c3C(N)=O)C(C3CCCCC3)C3CCCCC3)nc2F)c(C)nn1COCC[Si](C)(C)C. The lowest BCUT2D eigenvalue weighted by atomic mass is 9.63. The monoisotopic (exact) mass is 694 g/mol. The number of hydrogen-bond acceptors (Lipinski definition) is 7. The molecule has 0 radical (unpaired) electrons. The van der Waals surface area contributed by atoms with E-state index in [0.29, 0.717) is 42.3 Å². The van der Waals surface area contributed by atoms with Crippen LogP contribution in [0.5, 0.6) is 0 Å². The Morgan fingerprint density at radius 3 is 2.22 bits per heavy atom. The normalized spacial score (nSPS) is 17.1. The highest BCUT2D eigenvalue weighted by Gasteiger charge is 2.45. The Bertz CT molecular complexity index is 1580. The second-order valence-electron chi connectivity index (χ2n) is 15.4. The fourth-order valence-electron chi connectivity index (χ4n) is 8.20. The molecule has 2 aliphatic rings. The van der Waals surface area contributed by atoms with Crippen LogP contribution in [0.2, 0.25) is 25.7 Å². The molecule has 0 spiro atoms. The van der Waals surface area contributed by atoms with Crippen LogP contribution in [0, 0.1) is 37.5 Å². The zero-order valence-corrected chi connectivity index (χ0v) is 31.2. The van der Waals surface area contributed by atoms with Crippen molar-refractivity contribution in [3.63, 3.8) is 0 Å². The third kappa shape index (κ3) is 8.68. The molecule has 3 aromatic rings. The van der Waals surface area contributed by atoms with E-state index in [1.165, 1.54) is 12.8 Å². The van der Waals surface area contributed by atoms with Gasteiger partial charge in [-0.1, -0.05) is 95.9 Å². The topological polar surface area (TPSA) is 138 Å². The van der Waals surface area contributed by atoms with Crippen LogP contribution in [-0.4, -0.2) is 46.4 Å². The van der Waals surface area contributed by atoms with Gasteiger partial charge in [0.05, 0.1) is 11.4 Å². The maximum Gasteiger partial charge on any atom is 0.254 e. The maximum atomic E-state index is 16.0. The number of nitrogens with zero attached hydrogens (tertiary/aromatic N) is 4. The average molecular weight is 695 g/mol. The molecule has 3 aromatic heterocycles. The van der Waals surface area contributed by atoms with Gasteiger partial charge in [0.15, 0.2) is 5.76 Å². The van der Waals surface area contributed by atoms with Crippen molar-refractivity contribution < 1.29 is 23.2 Å². The van der Waals surface area contributed by atoms with Crippen molar-refractivity contribution in [2.24, 2.45) is 23.5 Å². The number of carbonyl (C=O) groups is 2. The van der Waals surface area contributed by atoms with Crippen molar-refractivity contribution in [1.82, 2.24) is 19.9 Å². The number of pyridine rings is 1. The highest BCUT2D eigenvalue weighted by molar-refractivity contribution is 6.76. The van der Waals surface area contributed by atoms with Crippen LogP contribution in [0.4, 0.5) is 10.2 Å². The molecule has 0 aliphatic heterocycles. The van der Waals surface area contributed by atoms with Crippen molar-refractivity contribution in [2.45, 2.75) is 130 Å². The number of nitrogens with one attached hydrogen (secondary N) is 1. The number of hydrogen-bond donors (Lipinski definition) is 2. The number of primary amides is 1. The first kappa shape index (κ1) is 36.9. The second-order valence-corrected chi connectivity index (χ2v) is 21.0. The molecule has 268 valence electrons. The Kier molecular flexibility index (Phi) is 12.1. The first-order valence-corrected chi connectivity index (χ1v) is 22.0. The number of amides is 2. The van der Waals surface area contributed by atoms with E-state index < -0.39 is 25.8 Å². The van der Waals surface area contributed by atoms with Crippen LogP contribution in [0.1, 0.15) is 110 Å². The third-order valence-corrected chi connectivity index (χ3v) is 12.3. The minimum atomic E-state index is -1.23. The number of nitrogens with two attached hydrogens (primary N) is 1. The summed E-state index contributed by atoms with van der Waals surface area (Å²) >= 11 is 0. The first-order chi connectivity index (χ1) is 23.4. The van der Waals surface area contributed by atoms with E-state index in [0.717, 1.165) is 63.1 Å². The van der Waals surface area contributed by atoms with Gasteiger partial charge in [-0.3, -0.25) is 9.59 Å². The molecule has 1 atom stereocenters. The van der Waals surface area contributed by atoms with E-state index in [-0.39, 0.29) is 40.8 Å². The smallest absolute Gasteiger partial charge is 0.254 e. The molecule has 5 rings (SSSR count). The lowest BCUT2D eigenvalue weighted by Gasteiger charge is -2.41. The van der Waals surface area contributed by atoms with E-state index in [1.54, 1.807) is 23.7 Å². The maximum absolute atomic E-state index is 16.0. The van der Waals surface area contributed by atoms with Crippen LogP contribution in [0.25, 0.3) is 11.1 Å². The second kappa shape index (κ2) is 16.1. The number of carbonyl (C=O) groups excluding carboxylic acids is 2. The zero-order chi connectivity index (χ0) is 35.3. The Morgan fingerprint density at radius 2 is 1.67 bits per heavy atom. The van der Waals surface area contributed by atoms with Gasteiger partial charge in [-0.25, -0.2) is 9.67 Å². The molecular formula is C37H55FN6O4Si. The third-order valence-electron chi connectivity index (χ3n) is 10.6. The quantitative estimate of drug-likeness (QED) is 0.0986. The first-order valence-electron chi connectivity index (χ1n) is 18.3.